The average Bonchev–Trinajstić information content (AvgIpc) is 3.39. The van der Waals surface area contributed by atoms with Crippen LogP contribution in [-0.4, -0.2) is 29.2 Å². The normalized spacial score (nSPS) is 18.4. The van der Waals surface area contributed by atoms with Gasteiger partial charge in [0.05, 0.1) is 23.4 Å². The third kappa shape index (κ3) is 3.84. The van der Waals surface area contributed by atoms with Crippen molar-refractivity contribution in [3.05, 3.63) is 83.2 Å². The molecule has 3 aromatic rings. The van der Waals surface area contributed by atoms with Crippen molar-refractivity contribution in [2.24, 2.45) is 4.99 Å². The summed E-state index contributed by atoms with van der Waals surface area (Å²) in [6.07, 6.45) is 3.46. The van der Waals surface area contributed by atoms with Gasteiger partial charge in [0.1, 0.15) is 19.0 Å². The summed E-state index contributed by atoms with van der Waals surface area (Å²) in [6, 6.07) is 18.9. The second kappa shape index (κ2) is 8.12. The molecule has 0 bridgehead atoms. The van der Waals surface area contributed by atoms with Crippen molar-refractivity contribution in [1.29, 1.82) is 0 Å². The van der Waals surface area contributed by atoms with Crippen LogP contribution >= 0.6 is 11.8 Å². The lowest BCUT2D eigenvalue weighted by atomic mass is 10.1. The van der Waals surface area contributed by atoms with Gasteiger partial charge in [0, 0.05) is 0 Å². The van der Waals surface area contributed by atoms with Gasteiger partial charge in [-0.2, -0.15) is 0 Å². The molecule has 6 nitrogen and oxygen atoms in total. The molecule has 0 atom stereocenters. The summed E-state index contributed by atoms with van der Waals surface area (Å²) in [6.45, 7) is 1.39. The number of fused-ring (bicyclic) bond motifs is 1. The molecule has 7 heteroatoms. The number of ether oxygens (including phenoxy) is 2. The van der Waals surface area contributed by atoms with Gasteiger partial charge >= 0.3 is 0 Å². The molecule has 0 unspecified atom stereocenters. The first-order valence-corrected chi connectivity index (χ1v) is 10.3. The Labute approximate surface area is 177 Å². The number of rotatable bonds is 4. The Morgan fingerprint density at radius 2 is 1.83 bits per heavy atom. The number of benzene rings is 2. The maximum absolute atomic E-state index is 13.2. The number of thioether (sulfide) groups is 1. The Balaban J connectivity index is 1.48. The topological polar surface area (TPSA) is 64.3 Å². The first-order valence-electron chi connectivity index (χ1n) is 9.53. The summed E-state index contributed by atoms with van der Waals surface area (Å²) in [4.78, 5) is 20.1. The fourth-order valence-corrected chi connectivity index (χ4v) is 4.20. The maximum Gasteiger partial charge on any atom is 0.267 e. The van der Waals surface area contributed by atoms with Gasteiger partial charge in [0.2, 0.25) is 0 Å². The molecule has 0 N–H and O–H groups in total. The highest BCUT2D eigenvalue weighted by Crippen LogP contribution is 2.37. The fourth-order valence-electron chi connectivity index (χ4n) is 3.20. The summed E-state index contributed by atoms with van der Waals surface area (Å²) in [7, 11) is 0. The van der Waals surface area contributed by atoms with E-state index in [-0.39, 0.29) is 5.91 Å². The van der Waals surface area contributed by atoms with Crippen molar-refractivity contribution in [2.75, 3.05) is 13.2 Å². The summed E-state index contributed by atoms with van der Waals surface area (Å²) in [5, 5.41) is 0.617. The maximum atomic E-state index is 13.2. The number of aliphatic imine (C=N–C) groups is 1. The lowest BCUT2D eigenvalue weighted by Gasteiger charge is -2.18. The van der Waals surface area contributed by atoms with E-state index in [1.165, 1.54) is 11.8 Å². The van der Waals surface area contributed by atoms with Crippen molar-refractivity contribution in [1.82, 2.24) is 4.90 Å². The molecule has 1 amide bonds. The highest BCUT2D eigenvalue weighted by Gasteiger charge is 2.34. The highest BCUT2D eigenvalue weighted by atomic mass is 32.2. The Kier molecular flexibility index (Phi) is 5.03. The monoisotopic (exact) mass is 418 g/mol. The number of hydrogen-bond acceptors (Lipinski definition) is 6. The summed E-state index contributed by atoms with van der Waals surface area (Å²) >= 11 is 1.35. The number of carbonyl (C=O) groups excluding carboxylic acids is 1. The van der Waals surface area contributed by atoms with Crippen LogP contribution in [0.1, 0.15) is 11.3 Å². The molecule has 0 saturated carbocycles. The fraction of sp³-hybridized carbons (Fsp3) is 0.130. The standard InChI is InChI=1S/C23H18N2O4S/c26-22-21(14-16-8-9-19-20(13-16)29-12-11-28-19)30-23(24-17-5-2-1-3-6-17)25(22)15-18-7-4-10-27-18/h1-10,13-14H,11-12,15H2/b21-14-,24-23?. The zero-order chi connectivity index (χ0) is 20.3. The van der Waals surface area contributed by atoms with Crippen LogP contribution in [0.5, 0.6) is 11.5 Å². The summed E-state index contributed by atoms with van der Waals surface area (Å²) in [5.74, 6) is 2.00. The molecule has 150 valence electrons. The minimum atomic E-state index is -0.110. The van der Waals surface area contributed by atoms with Crippen molar-refractivity contribution in [2.45, 2.75) is 6.54 Å². The van der Waals surface area contributed by atoms with Crippen molar-refractivity contribution in [3.63, 3.8) is 0 Å². The third-order valence-corrected chi connectivity index (χ3v) is 5.63. The molecule has 0 radical (unpaired) electrons. The first kappa shape index (κ1) is 18.6. The predicted molar refractivity (Wildman–Crippen MR) is 116 cm³/mol. The number of amides is 1. The zero-order valence-corrected chi connectivity index (χ0v) is 16.8. The molecule has 2 aliphatic rings. The van der Waals surface area contributed by atoms with E-state index in [1.54, 1.807) is 11.2 Å². The van der Waals surface area contributed by atoms with E-state index in [2.05, 4.69) is 0 Å². The number of nitrogens with zero attached hydrogens (tertiary/aromatic N) is 2. The largest absolute Gasteiger partial charge is 0.486 e. The lowest BCUT2D eigenvalue weighted by molar-refractivity contribution is -0.122. The van der Waals surface area contributed by atoms with E-state index in [0.29, 0.717) is 41.3 Å². The van der Waals surface area contributed by atoms with Gasteiger partial charge in [0.25, 0.3) is 5.91 Å². The SMILES string of the molecule is O=C1/C(=C/c2ccc3c(c2)OCCO3)SC(=Nc2ccccc2)N1Cc1ccco1. The van der Waals surface area contributed by atoms with Crippen molar-refractivity contribution >= 4 is 34.6 Å². The number of para-hydroxylation sites is 1. The van der Waals surface area contributed by atoms with E-state index in [1.807, 2.05) is 66.7 Å². The first-order chi connectivity index (χ1) is 14.8. The highest BCUT2D eigenvalue weighted by molar-refractivity contribution is 8.18. The predicted octanol–water partition coefficient (Wildman–Crippen LogP) is 4.86. The second-order valence-electron chi connectivity index (χ2n) is 6.71. The van der Waals surface area contributed by atoms with Gasteiger partial charge in [-0.3, -0.25) is 9.69 Å². The van der Waals surface area contributed by atoms with E-state index in [0.717, 1.165) is 17.0 Å². The van der Waals surface area contributed by atoms with Gasteiger partial charge in [-0.25, -0.2) is 4.99 Å². The molecule has 3 heterocycles. The molecule has 30 heavy (non-hydrogen) atoms. The van der Waals surface area contributed by atoms with Gasteiger partial charge in [-0.05, 0) is 59.8 Å². The Hall–Kier alpha value is -3.45. The van der Waals surface area contributed by atoms with E-state index >= 15 is 0 Å². The van der Waals surface area contributed by atoms with Crippen LogP contribution < -0.4 is 9.47 Å². The molecule has 1 fully saturated rings. The van der Waals surface area contributed by atoms with E-state index in [4.69, 9.17) is 18.9 Å². The van der Waals surface area contributed by atoms with Crippen LogP contribution in [0.4, 0.5) is 5.69 Å². The molecular formula is C23H18N2O4S. The molecule has 5 rings (SSSR count). The molecule has 1 saturated heterocycles. The van der Waals surface area contributed by atoms with Crippen LogP contribution in [0.15, 0.2) is 81.2 Å². The van der Waals surface area contributed by atoms with Gasteiger partial charge in [-0.1, -0.05) is 24.3 Å². The quantitative estimate of drug-likeness (QED) is 0.567. The molecule has 1 aromatic heterocycles. The number of carbonyl (C=O) groups is 1. The van der Waals surface area contributed by atoms with Crippen molar-refractivity contribution in [3.8, 4) is 11.5 Å². The lowest BCUT2D eigenvalue weighted by Crippen LogP contribution is -2.28. The summed E-state index contributed by atoms with van der Waals surface area (Å²) in [5.41, 5.74) is 1.66. The van der Waals surface area contributed by atoms with E-state index < -0.39 is 0 Å². The van der Waals surface area contributed by atoms with Gasteiger partial charge in [-0.15, -0.1) is 0 Å². The van der Waals surface area contributed by atoms with Crippen molar-refractivity contribution < 1.29 is 18.7 Å². The minimum Gasteiger partial charge on any atom is -0.486 e. The Bertz CT molecular complexity index is 1120. The third-order valence-electron chi connectivity index (χ3n) is 4.63. The molecular weight excluding hydrogens is 400 g/mol. The minimum absolute atomic E-state index is 0.110. The zero-order valence-electron chi connectivity index (χ0n) is 16.0. The Morgan fingerprint density at radius 1 is 1.00 bits per heavy atom. The Morgan fingerprint density at radius 3 is 2.63 bits per heavy atom. The molecule has 0 aliphatic carbocycles. The van der Waals surface area contributed by atoms with Crippen LogP contribution in [0, 0.1) is 0 Å². The van der Waals surface area contributed by atoms with Crippen LogP contribution in [0.25, 0.3) is 6.08 Å². The second-order valence-corrected chi connectivity index (χ2v) is 7.72. The summed E-state index contributed by atoms with van der Waals surface area (Å²) < 4.78 is 16.7. The average molecular weight is 418 g/mol. The van der Waals surface area contributed by atoms with Crippen LogP contribution in [0.2, 0.25) is 0 Å². The molecule has 2 aromatic carbocycles. The van der Waals surface area contributed by atoms with Crippen LogP contribution in [-0.2, 0) is 11.3 Å². The molecule has 0 spiro atoms. The number of hydrogen-bond donors (Lipinski definition) is 0. The van der Waals surface area contributed by atoms with E-state index in [9.17, 15) is 4.79 Å². The smallest absolute Gasteiger partial charge is 0.267 e. The molecule has 2 aliphatic heterocycles. The van der Waals surface area contributed by atoms with Gasteiger partial charge < -0.3 is 13.9 Å². The van der Waals surface area contributed by atoms with Crippen LogP contribution in [0.3, 0.4) is 0 Å². The number of furan rings is 1. The van der Waals surface area contributed by atoms with Gasteiger partial charge in [0.15, 0.2) is 16.7 Å². The number of amidine groups is 1.